The second-order valence-corrected chi connectivity index (χ2v) is 6.23. The van der Waals surface area contributed by atoms with E-state index >= 15 is 0 Å². The number of pyridine rings is 1. The van der Waals surface area contributed by atoms with Crippen LogP contribution in [0.25, 0.3) is 0 Å². The molecule has 0 aromatic carbocycles. The predicted molar refractivity (Wildman–Crippen MR) is 89.2 cm³/mol. The maximum atomic E-state index is 13.2. The van der Waals surface area contributed by atoms with Crippen molar-refractivity contribution in [2.24, 2.45) is 0 Å². The Hall–Kier alpha value is -2.70. The van der Waals surface area contributed by atoms with Gasteiger partial charge in [-0.25, -0.2) is 4.68 Å². The van der Waals surface area contributed by atoms with Crippen LogP contribution in [0.2, 0.25) is 0 Å². The number of rotatable bonds is 2. The Morgan fingerprint density at radius 1 is 1.29 bits per heavy atom. The van der Waals surface area contributed by atoms with Gasteiger partial charge in [-0.15, -0.1) is 0 Å². The minimum absolute atomic E-state index is 0.0784. The summed E-state index contributed by atoms with van der Waals surface area (Å²) in [6.07, 6.45) is 8.36. The molecule has 1 N–H and O–H groups in total. The smallest absolute Gasteiger partial charge is 0.254 e. The predicted octanol–water partition coefficient (Wildman–Crippen LogP) is 1.97. The van der Waals surface area contributed by atoms with Crippen LogP contribution in [0, 0.1) is 0 Å². The van der Waals surface area contributed by atoms with Gasteiger partial charge >= 0.3 is 0 Å². The van der Waals surface area contributed by atoms with E-state index in [0.717, 1.165) is 42.8 Å². The minimum Gasteiger partial charge on any atom is -0.339 e. The summed E-state index contributed by atoms with van der Waals surface area (Å²) in [6.45, 7) is 3.57. The monoisotopic (exact) mass is 324 g/mol. The number of aromatic nitrogens is 4. The van der Waals surface area contributed by atoms with E-state index in [4.69, 9.17) is 0 Å². The Morgan fingerprint density at radius 3 is 2.88 bits per heavy atom. The largest absolute Gasteiger partial charge is 0.339 e. The second kappa shape index (κ2) is 6.07. The summed E-state index contributed by atoms with van der Waals surface area (Å²) in [5, 5.41) is 7.55. The van der Waals surface area contributed by atoms with Crippen molar-refractivity contribution < 1.29 is 4.79 Å². The Kier molecular flexibility index (Phi) is 3.76. The first kappa shape index (κ1) is 14.9. The van der Waals surface area contributed by atoms with E-state index in [1.165, 1.54) is 12.7 Å². The first-order chi connectivity index (χ1) is 11.8. The van der Waals surface area contributed by atoms with Crippen molar-refractivity contribution in [2.75, 3.05) is 18.4 Å². The molecule has 1 atom stereocenters. The van der Waals surface area contributed by atoms with E-state index in [2.05, 4.69) is 20.4 Å². The van der Waals surface area contributed by atoms with Crippen LogP contribution in [0.4, 0.5) is 5.95 Å². The highest BCUT2D eigenvalue weighted by Crippen LogP contribution is 2.35. The topological polar surface area (TPSA) is 75.9 Å². The van der Waals surface area contributed by atoms with Crippen LogP contribution in [0.15, 0.2) is 42.1 Å². The van der Waals surface area contributed by atoms with Gasteiger partial charge in [0.15, 0.2) is 0 Å². The summed E-state index contributed by atoms with van der Waals surface area (Å²) in [5.74, 6) is 0.728. The van der Waals surface area contributed by atoms with E-state index < -0.39 is 0 Å². The summed E-state index contributed by atoms with van der Waals surface area (Å²) >= 11 is 0. The number of carbonyl (C=O) groups is 1. The maximum Gasteiger partial charge on any atom is 0.254 e. The molecule has 4 rings (SSSR count). The standard InChI is InChI=1S/C17H20N6O/c1-12-14(16(24)22-8-3-2-4-9-22)15(13-6-5-7-18-10-13)23-17(21-12)19-11-20-23/h5-7,10-11,15H,2-4,8-9H2,1H3,(H,19,20,21). The number of hydrogen-bond acceptors (Lipinski definition) is 5. The summed E-state index contributed by atoms with van der Waals surface area (Å²) < 4.78 is 1.77. The number of likely N-dealkylation sites (tertiary alicyclic amines) is 1. The molecule has 0 aliphatic carbocycles. The Bertz CT molecular complexity index is 775. The molecular weight excluding hydrogens is 304 g/mol. The van der Waals surface area contributed by atoms with Crippen molar-refractivity contribution in [3.63, 3.8) is 0 Å². The fourth-order valence-electron chi connectivity index (χ4n) is 3.48. The van der Waals surface area contributed by atoms with Gasteiger partial charge < -0.3 is 10.2 Å². The lowest BCUT2D eigenvalue weighted by Crippen LogP contribution is -2.41. The van der Waals surface area contributed by atoms with Crippen molar-refractivity contribution in [2.45, 2.75) is 32.2 Å². The fraction of sp³-hybridized carbons (Fsp3) is 0.412. The van der Waals surface area contributed by atoms with E-state index in [1.54, 1.807) is 17.1 Å². The van der Waals surface area contributed by atoms with Crippen molar-refractivity contribution in [1.29, 1.82) is 0 Å². The molecule has 0 spiro atoms. The molecule has 1 fully saturated rings. The number of hydrogen-bond donors (Lipinski definition) is 1. The lowest BCUT2D eigenvalue weighted by molar-refractivity contribution is -0.128. The highest BCUT2D eigenvalue weighted by molar-refractivity contribution is 5.96. The van der Waals surface area contributed by atoms with Crippen LogP contribution >= 0.6 is 0 Å². The number of allylic oxidation sites excluding steroid dienone is 1. The third-order valence-corrected chi connectivity index (χ3v) is 4.67. The zero-order valence-electron chi connectivity index (χ0n) is 13.6. The molecule has 2 aliphatic rings. The lowest BCUT2D eigenvalue weighted by atomic mass is 9.95. The van der Waals surface area contributed by atoms with E-state index in [1.807, 2.05) is 24.0 Å². The van der Waals surface area contributed by atoms with Gasteiger partial charge in [0.05, 0.1) is 5.57 Å². The zero-order chi connectivity index (χ0) is 16.5. The first-order valence-electron chi connectivity index (χ1n) is 8.32. The molecule has 0 saturated carbocycles. The molecule has 7 nitrogen and oxygen atoms in total. The summed E-state index contributed by atoms with van der Waals surface area (Å²) in [5.41, 5.74) is 2.49. The van der Waals surface area contributed by atoms with Crippen LogP contribution in [0.5, 0.6) is 0 Å². The molecule has 1 unspecified atom stereocenters. The highest BCUT2D eigenvalue weighted by atomic mass is 16.2. The summed E-state index contributed by atoms with van der Waals surface area (Å²) in [7, 11) is 0. The normalized spacial score (nSPS) is 20.5. The van der Waals surface area contributed by atoms with E-state index in [0.29, 0.717) is 5.95 Å². The Labute approximate surface area is 140 Å². The molecule has 0 bridgehead atoms. The van der Waals surface area contributed by atoms with Crippen molar-refractivity contribution in [3.05, 3.63) is 47.7 Å². The number of amides is 1. The third kappa shape index (κ3) is 2.46. The number of piperidine rings is 1. The second-order valence-electron chi connectivity index (χ2n) is 6.23. The number of nitrogens with one attached hydrogen (secondary N) is 1. The average molecular weight is 324 g/mol. The van der Waals surface area contributed by atoms with Crippen molar-refractivity contribution in [1.82, 2.24) is 24.6 Å². The molecular formula is C17H20N6O. The highest BCUT2D eigenvalue weighted by Gasteiger charge is 2.35. The number of carbonyl (C=O) groups excluding carboxylic acids is 1. The quantitative estimate of drug-likeness (QED) is 0.914. The third-order valence-electron chi connectivity index (χ3n) is 4.67. The minimum atomic E-state index is -0.299. The number of nitrogens with zero attached hydrogens (tertiary/aromatic N) is 5. The summed E-state index contributed by atoms with van der Waals surface area (Å²) in [4.78, 5) is 23.6. The van der Waals surface area contributed by atoms with Crippen LogP contribution in [-0.2, 0) is 4.79 Å². The molecule has 24 heavy (non-hydrogen) atoms. The number of fused-ring (bicyclic) bond motifs is 1. The van der Waals surface area contributed by atoms with Gasteiger partial charge in [0, 0.05) is 31.2 Å². The van der Waals surface area contributed by atoms with Gasteiger partial charge in [-0.05, 0) is 37.8 Å². The average Bonchev–Trinajstić information content (AvgIpc) is 3.09. The zero-order valence-corrected chi connectivity index (χ0v) is 13.6. The molecule has 2 aliphatic heterocycles. The Balaban J connectivity index is 1.78. The summed E-state index contributed by atoms with van der Waals surface area (Å²) in [6, 6.07) is 3.56. The fourth-order valence-corrected chi connectivity index (χ4v) is 3.48. The Morgan fingerprint density at radius 2 is 2.12 bits per heavy atom. The van der Waals surface area contributed by atoms with Crippen LogP contribution in [0.1, 0.15) is 37.8 Å². The molecule has 124 valence electrons. The van der Waals surface area contributed by atoms with E-state index in [9.17, 15) is 4.79 Å². The lowest BCUT2D eigenvalue weighted by Gasteiger charge is -2.33. The van der Waals surface area contributed by atoms with Crippen LogP contribution in [-0.4, -0.2) is 43.6 Å². The van der Waals surface area contributed by atoms with Gasteiger partial charge in [-0.1, -0.05) is 6.07 Å². The van der Waals surface area contributed by atoms with E-state index in [-0.39, 0.29) is 11.9 Å². The van der Waals surface area contributed by atoms with Gasteiger partial charge in [0.2, 0.25) is 5.95 Å². The number of anilines is 1. The molecule has 0 radical (unpaired) electrons. The first-order valence-corrected chi connectivity index (χ1v) is 8.32. The van der Waals surface area contributed by atoms with Gasteiger partial charge in [-0.3, -0.25) is 9.78 Å². The molecule has 4 heterocycles. The molecule has 1 amide bonds. The molecule has 7 heteroatoms. The molecule has 2 aromatic rings. The van der Waals surface area contributed by atoms with Gasteiger partial charge in [-0.2, -0.15) is 10.1 Å². The van der Waals surface area contributed by atoms with Gasteiger partial charge in [0.25, 0.3) is 5.91 Å². The van der Waals surface area contributed by atoms with Crippen LogP contribution < -0.4 is 5.32 Å². The van der Waals surface area contributed by atoms with Crippen molar-refractivity contribution >= 4 is 11.9 Å². The molecule has 1 saturated heterocycles. The molecule has 2 aromatic heterocycles. The van der Waals surface area contributed by atoms with Gasteiger partial charge in [0.1, 0.15) is 12.4 Å². The maximum absolute atomic E-state index is 13.2. The van der Waals surface area contributed by atoms with Crippen LogP contribution in [0.3, 0.4) is 0 Å². The SMILES string of the molecule is CC1=C(C(=O)N2CCCCC2)C(c2cccnc2)n2ncnc2N1. The van der Waals surface area contributed by atoms with Crippen molar-refractivity contribution in [3.8, 4) is 0 Å².